The molecule has 1 nitrogen and oxygen atoms in total. The highest BCUT2D eigenvalue weighted by atomic mass is 16.3. The second-order valence-corrected chi connectivity index (χ2v) is 5.61. The number of rotatable bonds is 0. The van der Waals surface area contributed by atoms with Crippen LogP contribution in [0.4, 0.5) is 0 Å². The Morgan fingerprint density at radius 1 is 1.43 bits per heavy atom. The van der Waals surface area contributed by atoms with Crippen LogP contribution in [0.25, 0.3) is 0 Å². The van der Waals surface area contributed by atoms with E-state index in [4.69, 9.17) is 0 Å². The second-order valence-electron chi connectivity index (χ2n) is 5.61. The van der Waals surface area contributed by atoms with Crippen molar-refractivity contribution in [3.05, 3.63) is 11.6 Å². The first kappa shape index (κ1) is 10.2. The average Bonchev–Trinajstić information content (AvgIpc) is 2.12. The molecular formula is C13H22O. The molecule has 2 aliphatic rings. The molecule has 2 rings (SSSR count). The second kappa shape index (κ2) is 3.37. The van der Waals surface area contributed by atoms with Gasteiger partial charge in [-0.15, -0.1) is 0 Å². The molecule has 1 saturated carbocycles. The summed E-state index contributed by atoms with van der Waals surface area (Å²) in [6, 6.07) is 0. The van der Waals surface area contributed by atoms with Crippen molar-refractivity contribution in [1.29, 1.82) is 0 Å². The molecule has 14 heavy (non-hydrogen) atoms. The minimum atomic E-state index is -0.408. The quantitative estimate of drug-likeness (QED) is 0.587. The third kappa shape index (κ3) is 1.63. The molecule has 0 radical (unpaired) electrons. The molecule has 0 heterocycles. The van der Waals surface area contributed by atoms with Crippen molar-refractivity contribution >= 4 is 0 Å². The van der Waals surface area contributed by atoms with Gasteiger partial charge >= 0.3 is 0 Å². The van der Waals surface area contributed by atoms with E-state index in [-0.39, 0.29) is 0 Å². The van der Waals surface area contributed by atoms with Crippen LogP contribution in [0.5, 0.6) is 0 Å². The van der Waals surface area contributed by atoms with Gasteiger partial charge in [0.25, 0.3) is 0 Å². The van der Waals surface area contributed by atoms with Gasteiger partial charge in [0.2, 0.25) is 0 Å². The third-order valence-corrected chi connectivity index (χ3v) is 4.35. The highest BCUT2D eigenvalue weighted by Gasteiger charge is 2.43. The largest absolute Gasteiger partial charge is 0.390 e. The van der Waals surface area contributed by atoms with E-state index >= 15 is 0 Å². The summed E-state index contributed by atoms with van der Waals surface area (Å²) in [5.41, 5.74) is 1.12. The van der Waals surface area contributed by atoms with E-state index in [1.165, 1.54) is 24.8 Å². The standard InChI is InChI=1S/C13H22O/c1-9-4-5-12-11(8-9)10(2)6-7-13(12,3)14/h8,10-12,14H,4-7H2,1-3H3/t10-,11+,12-,13+/m1/s1. The van der Waals surface area contributed by atoms with Crippen molar-refractivity contribution in [3.63, 3.8) is 0 Å². The van der Waals surface area contributed by atoms with E-state index < -0.39 is 5.60 Å². The van der Waals surface area contributed by atoms with Crippen LogP contribution in [-0.4, -0.2) is 10.7 Å². The summed E-state index contributed by atoms with van der Waals surface area (Å²) in [7, 11) is 0. The summed E-state index contributed by atoms with van der Waals surface area (Å²) >= 11 is 0. The van der Waals surface area contributed by atoms with Crippen LogP contribution in [0.15, 0.2) is 11.6 Å². The topological polar surface area (TPSA) is 20.2 Å². The minimum absolute atomic E-state index is 0.408. The Hall–Kier alpha value is -0.300. The number of fused-ring (bicyclic) bond motifs is 1. The zero-order chi connectivity index (χ0) is 10.3. The van der Waals surface area contributed by atoms with Crippen LogP contribution in [0, 0.1) is 17.8 Å². The molecule has 0 unspecified atom stereocenters. The van der Waals surface area contributed by atoms with Crippen molar-refractivity contribution in [3.8, 4) is 0 Å². The molecule has 1 fully saturated rings. The molecule has 1 heteroatoms. The van der Waals surface area contributed by atoms with Gasteiger partial charge in [-0.1, -0.05) is 18.6 Å². The Morgan fingerprint density at radius 2 is 2.14 bits per heavy atom. The molecule has 0 aromatic carbocycles. The lowest BCUT2D eigenvalue weighted by Crippen LogP contribution is -2.46. The first-order chi connectivity index (χ1) is 6.50. The smallest absolute Gasteiger partial charge is 0.0653 e. The Balaban J connectivity index is 2.25. The molecule has 0 spiro atoms. The summed E-state index contributed by atoms with van der Waals surface area (Å²) < 4.78 is 0. The molecule has 0 aliphatic heterocycles. The molecule has 1 N–H and O–H groups in total. The van der Waals surface area contributed by atoms with E-state index in [9.17, 15) is 5.11 Å². The molecule has 0 aromatic rings. The van der Waals surface area contributed by atoms with Crippen LogP contribution < -0.4 is 0 Å². The van der Waals surface area contributed by atoms with Gasteiger partial charge in [0.15, 0.2) is 0 Å². The van der Waals surface area contributed by atoms with Gasteiger partial charge in [-0.25, -0.2) is 0 Å². The van der Waals surface area contributed by atoms with Crippen molar-refractivity contribution in [1.82, 2.24) is 0 Å². The summed E-state index contributed by atoms with van der Waals surface area (Å²) in [6.07, 6.45) is 6.96. The first-order valence-corrected chi connectivity index (χ1v) is 5.90. The normalized spacial score (nSPS) is 48.3. The third-order valence-electron chi connectivity index (χ3n) is 4.35. The van der Waals surface area contributed by atoms with Crippen LogP contribution in [0.3, 0.4) is 0 Å². The van der Waals surface area contributed by atoms with E-state index in [0.717, 1.165) is 12.3 Å². The summed E-state index contributed by atoms with van der Waals surface area (Å²) in [5.74, 6) is 1.90. The summed E-state index contributed by atoms with van der Waals surface area (Å²) in [6.45, 7) is 6.60. The predicted molar refractivity (Wildman–Crippen MR) is 59.0 cm³/mol. The molecule has 0 bridgehead atoms. The van der Waals surface area contributed by atoms with Gasteiger partial charge in [0.1, 0.15) is 0 Å². The SMILES string of the molecule is CC1=C[C@H]2[C@H](C)CC[C@](C)(O)[C@@H]2CC1. The Labute approximate surface area is 87.2 Å². The maximum absolute atomic E-state index is 10.3. The predicted octanol–water partition coefficient (Wildman–Crippen LogP) is 3.14. The van der Waals surface area contributed by atoms with E-state index in [0.29, 0.717) is 11.8 Å². The molecule has 0 aromatic heterocycles. The fourth-order valence-corrected chi connectivity index (χ4v) is 3.29. The van der Waals surface area contributed by atoms with Crippen molar-refractivity contribution in [2.24, 2.45) is 17.8 Å². The van der Waals surface area contributed by atoms with Gasteiger partial charge < -0.3 is 5.11 Å². The Kier molecular flexibility index (Phi) is 2.46. The molecule has 2 aliphatic carbocycles. The molecule has 4 atom stereocenters. The number of hydrogen-bond donors (Lipinski definition) is 1. The van der Waals surface area contributed by atoms with E-state index in [2.05, 4.69) is 19.9 Å². The molecular weight excluding hydrogens is 172 g/mol. The van der Waals surface area contributed by atoms with Crippen LogP contribution in [0.1, 0.15) is 46.5 Å². The van der Waals surface area contributed by atoms with Crippen molar-refractivity contribution in [2.45, 2.75) is 52.1 Å². The lowest BCUT2D eigenvalue weighted by Gasteiger charge is -2.47. The first-order valence-electron chi connectivity index (χ1n) is 5.90. The number of hydrogen-bond acceptors (Lipinski definition) is 1. The van der Waals surface area contributed by atoms with E-state index in [1.54, 1.807) is 0 Å². The Morgan fingerprint density at radius 3 is 2.86 bits per heavy atom. The van der Waals surface area contributed by atoms with Gasteiger partial charge in [0, 0.05) is 0 Å². The molecule has 0 saturated heterocycles. The van der Waals surface area contributed by atoms with E-state index in [1.807, 2.05) is 6.92 Å². The summed E-state index contributed by atoms with van der Waals surface area (Å²) in [5, 5.41) is 10.3. The van der Waals surface area contributed by atoms with Gasteiger partial charge in [0.05, 0.1) is 5.60 Å². The monoisotopic (exact) mass is 194 g/mol. The van der Waals surface area contributed by atoms with Gasteiger partial charge in [-0.05, 0) is 57.3 Å². The highest BCUT2D eigenvalue weighted by Crippen LogP contribution is 2.47. The zero-order valence-electron chi connectivity index (χ0n) is 9.59. The lowest BCUT2D eigenvalue weighted by atomic mass is 9.61. The molecule has 80 valence electrons. The maximum atomic E-state index is 10.3. The number of aliphatic hydroxyl groups is 1. The van der Waals surface area contributed by atoms with Crippen LogP contribution in [0.2, 0.25) is 0 Å². The van der Waals surface area contributed by atoms with Crippen LogP contribution >= 0.6 is 0 Å². The minimum Gasteiger partial charge on any atom is -0.390 e. The Bertz CT molecular complexity index is 252. The van der Waals surface area contributed by atoms with Gasteiger partial charge in [-0.3, -0.25) is 0 Å². The van der Waals surface area contributed by atoms with Crippen molar-refractivity contribution in [2.75, 3.05) is 0 Å². The van der Waals surface area contributed by atoms with Crippen molar-refractivity contribution < 1.29 is 5.11 Å². The zero-order valence-corrected chi connectivity index (χ0v) is 9.59. The fraction of sp³-hybridized carbons (Fsp3) is 0.846. The maximum Gasteiger partial charge on any atom is 0.0653 e. The highest BCUT2D eigenvalue weighted by molar-refractivity contribution is 5.12. The van der Waals surface area contributed by atoms with Gasteiger partial charge in [-0.2, -0.15) is 0 Å². The molecule has 0 amide bonds. The average molecular weight is 194 g/mol. The van der Waals surface area contributed by atoms with Crippen LogP contribution in [-0.2, 0) is 0 Å². The lowest BCUT2D eigenvalue weighted by molar-refractivity contribution is -0.0708. The fourth-order valence-electron chi connectivity index (χ4n) is 3.29. The number of allylic oxidation sites excluding steroid dienone is 2. The summed E-state index contributed by atoms with van der Waals surface area (Å²) in [4.78, 5) is 0.